The van der Waals surface area contributed by atoms with Crippen LogP contribution in [0.15, 0.2) is 60.9 Å². The van der Waals surface area contributed by atoms with E-state index in [1.165, 1.54) is 14.2 Å². The molecular formula is C46H56N8O6. The van der Waals surface area contributed by atoms with Gasteiger partial charge in [-0.3, -0.25) is 9.59 Å². The molecule has 14 nitrogen and oxygen atoms in total. The van der Waals surface area contributed by atoms with E-state index in [1.54, 1.807) is 0 Å². The lowest BCUT2D eigenvalue weighted by atomic mass is 9.82. The maximum absolute atomic E-state index is 14.2. The first-order valence-corrected chi connectivity index (χ1v) is 21.9. The van der Waals surface area contributed by atoms with Crippen molar-refractivity contribution in [2.45, 2.75) is 114 Å². The average Bonchev–Trinajstić information content (AvgIpc) is 4.15. The van der Waals surface area contributed by atoms with Crippen molar-refractivity contribution in [3.63, 3.8) is 0 Å². The second-order valence-corrected chi connectivity index (χ2v) is 17.4. The van der Waals surface area contributed by atoms with Gasteiger partial charge in [0.25, 0.3) is 0 Å². The molecule has 2 saturated heterocycles. The van der Waals surface area contributed by atoms with Crippen LogP contribution in [-0.4, -0.2) is 92.6 Å². The number of alkyl carbamates (subject to hydrolysis) is 2. The van der Waals surface area contributed by atoms with Crippen molar-refractivity contribution in [3.05, 3.63) is 72.6 Å². The van der Waals surface area contributed by atoms with Crippen LogP contribution in [0.5, 0.6) is 0 Å². The third-order valence-corrected chi connectivity index (χ3v) is 14.0. The van der Waals surface area contributed by atoms with E-state index in [0.29, 0.717) is 12.5 Å². The zero-order valence-corrected chi connectivity index (χ0v) is 34.5. The van der Waals surface area contributed by atoms with E-state index in [0.717, 1.165) is 129 Å². The monoisotopic (exact) mass is 816 g/mol. The lowest BCUT2D eigenvalue weighted by Crippen LogP contribution is -2.52. The molecule has 4 aromatic rings. The number of ether oxygens (including phenoxy) is 2. The molecule has 316 valence electrons. The fourth-order valence-corrected chi connectivity index (χ4v) is 11.0. The molecule has 60 heavy (non-hydrogen) atoms. The molecule has 8 atom stereocenters. The van der Waals surface area contributed by atoms with Crippen molar-refractivity contribution >= 4 is 24.0 Å². The molecule has 2 aromatic heterocycles. The van der Waals surface area contributed by atoms with E-state index < -0.39 is 12.2 Å². The summed E-state index contributed by atoms with van der Waals surface area (Å²) >= 11 is 0. The summed E-state index contributed by atoms with van der Waals surface area (Å²) in [6, 6.07) is 16.4. The Morgan fingerprint density at radius 2 is 1.13 bits per heavy atom. The van der Waals surface area contributed by atoms with Crippen LogP contribution in [0.1, 0.15) is 107 Å². The van der Waals surface area contributed by atoms with Gasteiger partial charge in [-0.2, -0.15) is 0 Å². The molecule has 5 aliphatic rings. The Kier molecular flexibility index (Phi) is 11.4. The summed E-state index contributed by atoms with van der Waals surface area (Å²) in [7, 11) is 2.71. The molecule has 2 bridgehead atoms. The van der Waals surface area contributed by atoms with E-state index in [-0.39, 0.29) is 53.9 Å². The van der Waals surface area contributed by atoms with E-state index in [9.17, 15) is 19.2 Å². The lowest BCUT2D eigenvalue weighted by Gasteiger charge is -2.40. The number of carbonyl (C=O) groups is 4. The quantitative estimate of drug-likeness (QED) is 0.133. The van der Waals surface area contributed by atoms with Crippen molar-refractivity contribution < 1.29 is 28.7 Å². The number of aromatic nitrogens is 4. The van der Waals surface area contributed by atoms with Gasteiger partial charge in [0, 0.05) is 24.7 Å². The van der Waals surface area contributed by atoms with Gasteiger partial charge in [0.2, 0.25) is 11.8 Å². The Bertz CT molecular complexity index is 2180. The number of amides is 4. The van der Waals surface area contributed by atoms with Gasteiger partial charge in [-0.1, -0.05) is 74.2 Å². The third-order valence-electron chi connectivity index (χ3n) is 14.0. The molecule has 3 aliphatic carbocycles. The van der Waals surface area contributed by atoms with Crippen LogP contribution in [0.4, 0.5) is 9.59 Å². The number of methoxy groups -OCH3 is 2. The minimum atomic E-state index is -0.490. The average molecular weight is 817 g/mol. The zero-order chi connectivity index (χ0) is 41.3. The number of aromatic amines is 2. The van der Waals surface area contributed by atoms with Gasteiger partial charge in [0.05, 0.1) is 61.9 Å². The van der Waals surface area contributed by atoms with Crippen molar-refractivity contribution in [3.8, 4) is 33.6 Å². The van der Waals surface area contributed by atoms with Crippen LogP contribution in [0.2, 0.25) is 0 Å². The summed E-state index contributed by atoms with van der Waals surface area (Å²) in [6.45, 7) is 0.677. The highest BCUT2D eigenvalue weighted by Gasteiger charge is 2.52. The first-order valence-electron chi connectivity index (χ1n) is 21.9. The van der Waals surface area contributed by atoms with Crippen molar-refractivity contribution in [1.29, 1.82) is 0 Å². The number of benzene rings is 2. The fraction of sp³-hybridized carbons (Fsp3) is 0.522. The Hall–Kier alpha value is -5.66. The van der Waals surface area contributed by atoms with Gasteiger partial charge in [-0.05, 0) is 86.0 Å². The van der Waals surface area contributed by atoms with Crippen LogP contribution in [0.25, 0.3) is 33.6 Å². The number of hydrogen-bond donors (Lipinski definition) is 4. The predicted octanol–water partition coefficient (Wildman–Crippen LogP) is 7.68. The minimum Gasteiger partial charge on any atom is -0.453 e. The maximum atomic E-state index is 14.2. The smallest absolute Gasteiger partial charge is 0.407 e. The van der Waals surface area contributed by atoms with Crippen molar-refractivity contribution in [1.82, 2.24) is 40.4 Å². The molecule has 14 heteroatoms. The third kappa shape index (κ3) is 7.76. The SMILES string of the molecule is COC(=O)N[C@H]1CCCC[C@@H]1C(=O)N1[C@H]2CC[C@@H](C2)[C@@H]1c1ncc(-c2ccc(-c3ccc(-c4cnc([C@@H]5CCCN5C(=O)[C@@H]5CCCC[C@H]5NC(=O)OC)[nH]4)cc3)cc2)[nH]1. The number of nitrogens with zero attached hydrogens (tertiary/aromatic N) is 4. The molecule has 5 fully saturated rings. The van der Waals surface area contributed by atoms with E-state index in [4.69, 9.17) is 19.4 Å². The zero-order valence-electron chi connectivity index (χ0n) is 34.5. The van der Waals surface area contributed by atoms with Gasteiger partial charge >= 0.3 is 12.2 Å². The van der Waals surface area contributed by atoms with E-state index >= 15 is 0 Å². The predicted molar refractivity (Wildman–Crippen MR) is 224 cm³/mol. The normalized spacial score (nSPS) is 27.4. The molecule has 0 unspecified atom stereocenters. The molecule has 4 N–H and O–H groups in total. The Morgan fingerprint density at radius 3 is 1.72 bits per heavy atom. The van der Waals surface area contributed by atoms with Gasteiger partial charge in [0.1, 0.15) is 11.6 Å². The molecular weight excluding hydrogens is 761 g/mol. The second-order valence-electron chi connectivity index (χ2n) is 17.4. The first-order chi connectivity index (χ1) is 29.3. The lowest BCUT2D eigenvalue weighted by molar-refractivity contribution is -0.142. The second kappa shape index (κ2) is 17.1. The number of nitrogens with one attached hydrogen (secondary N) is 4. The molecule has 9 rings (SSSR count). The van der Waals surface area contributed by atoms with Gasteiger partial charge in [-0.15, -0.1) is 0 Å². The number of imidazole rings is 2. The maximum Gasteiger partial charge on any atom is 0.407 e. The number of carbonyl (C=O) groups excluding carboxylic acids is 4. The Balaban J connectivity index is 0.853. The number of piperidine rings is 1. The van der Waals surface area contributed by atoms with Crippen LogP contribution >= 0.6 is 0 Å². The number of fused-ring (bicyclic) bond motifs is 2. The Morgan fingerprint density at radius 1 is 0.617 bits per heavy atom. The van der Waals surface area contributed by atoms with Crippen LogP contribution in [-0.2, 0) is 19.1 Å². The van der Waals surface area contributed by atoms with Gasteiger partial charge < -0.3 is 39.9 Å². The highest BCUT2D eigenvalue weighted by Crippen LogP contribution is 2.51. The standard InChI is InChI=1S/C46H56N8O6/c1-59-45(57)51-35-10-5-3-8-33(35)43(55)53-23-7-12-39(53)41-47-25-37(49-41)29-17-13-27(14-18-29)28-15-19-30(20-16-28)38-26-48-42(50-38)40-31-21-22-32(24-31)54(40)44(56)34-9-4-6-11-36(34)52-46(58)60-2/h13-20,25-26,31-36,39-40H,3-12,21-24H2,1-2H3,(H,47,49)(H,48,50)(H,51,57)(H,52,58)/t31-,32-,33+,34-,35+,36-,39-,40+/m0/s1. The molecule has 0 radical (unpaired) electrons. The van der Waals surface area contributed by atoms with Gasteiger partial charge in [-0.25, -0.2) is 19.6 Å². The first kappa shape index (κ1) is 39.8. The summed E-state index contributed by atoms with van der Waals surface area (Å²) < 4.78 is 9.72. The number of likely N-dealkylation sites (tertiary alicyclic amines) is 2. The minimum absolute atomic E-state index is 0.0827. The number of H-pyrrole nitrogens is 2. The highest BCUT2D eigenvalue weighted by molar-refractivity contribution is 5.83. The van der Waals surface area contributed by atoms with E-state index in [1.807, 2.05) is 17.3 Å². The highest BCUT2D eigenvalue weighted by atomic mass is 16.5. The molecule has 2 aliphatic heterocycles. The van der Waals surface area contributed by atoms with Crippen LogP contribution in [0.3, 0.4) is 0 Å². The van der Waals surface area contributed by atoms with Crippen LogP contribution in [0, 0.1) is 17.8 Å². The number of hydrogen-bond acceptors (Lipinski definition) is 8. The van der Waals surface area contributed by atoms with Crippen molar-refractivity contribution in [2.75, 3.05) is 20.8 Å². The molecule has 2 aromatic carbocycles. The molecule has 4 heterocycles. The summed E-state index contributed by atoms with van der Waals surface area (Å²) in [5.41, 5.74) is 6.02. The summed E-state index contributed by atoms with van der Waals surface area (Å²) in [4.78, 5) is 73.1. The summed E-state index contributed by atoms with van der Waals surface area (Å²) in [6.07, 6.45) is 14.6. The fourth-order valence-electron chi connectivity index (χ4n) is 11.0. The molecule has 3 saturated carbocycles. The Labute approximate surface area is 350 Å². The van der Waals surface area contributed by atoms with E-state index in [2.05, 4.69) is 74.0 Å². The molecule has 4 amide bonds. The summed E-state index contributed by atoms with van der Waals surface area (Å²) in [5.74, 6) is 1.68. The summed E-state index contributed by atoms with van der Waals surface area (Å²) in [5, 5.41) is 5.85. The number of rotatable bonds is 9. The van der Waals surface area contributed by atoms with Crippen LogP contribution < -0.4 is 10.6 Å². The van der Waals surface area contributed by atoms with Crippen molar-refractivity contribution in [2.24, 2.45) is 17.8 Å². The topological polar surface area (TPSA) is 175 Å². The van der Waals surface area contributed by atoms with Gasteiger partial charge in [0.15, 0.2) is 0 Å². The largest absolute Gasteiger partial charge is 0.453 e. The molecule has 0 spiro atoms.